The van der Waals surface area contributed by atoms with Gasteiger partial charge in [-0.25, -0.2) is 9.37 Å². The molecule has 4 aromatic rings. The van der Waals surface area contributed by atoms with Crippen LogP contribution in [0.4, 0.5) is 22.0 Å². The lowest BCUT2D eigenvalue weighted by Crippen LogP contribution is -2.32. The second-order valence-electron chi connectivity index (χ2n) is 9.39. The number of nitrogens with zero attached hydrogens (tertiary/aromatic N) is 4. The van der Waals surface area contributed by atoms with E-state index in [4.69, 9.17) is 5.26 Å². The molecule has 0 radical (unpaired) electrons. The van der Waals surface area contributed by atoms with Crippen molar-refractivity contribution in [3.05, 3.63) is 106 Å². The van der Waals surface area contributed by atoms with Crippen molar-refractivity contribution in [3.63, 3.8) is 0 Å². The predicted octanol–water partition coefficient (Wildman–Crippen LogP) is 6.02. The summed E-state index contributed by atoms with van der Waals surface area (Å²) >= 11 is 0. The van der Waals surface area contributed by atoms with Gasteiger partial charge in [0.2, 0.25) is 5.95 Å². The van der Waals surface area contributed by atoms with Gasteiger partial charge in [-0.3, -0.25) is 10.2 Å². The van der Waals surface area contributed by atoms with Crippen LogP contribution in [0.15, 0.2) is 60.8 Å². The Labute approximate surface area is 221 Å². The molecule has 2 aromatic carbocycles. The van der Waals surface area contributed by atoms with Gasteiger partial charge in [-0.15, -0.1) is 0 Å². The quantitative estimate of drug-likeness (QED) is 0.231. The van der Waals surface area contributed by atoms with Gasteiger partial charge in [-0.05, 0) is 53.1 Å². The highest BCUT2D eigenvalue weighted by molar-refractivity contribution is 5.86. The van der Waals surface area contributed by atoms with Crippen LogP contribution < -0.4 is 5.32 Å². The fourth-order valence-corrected chi connectivity index (χ4v) is 4.94. The molecule has 0 amide bonds. The van der Waals surface area contributed by atoms with E-state index >= 15 is 0 Å². The Balaban J connectivity index is 1.37. The molecular formula is C29H24F5N5. The van der Waals surface area contributed by atoms with E-state index in [9.17, 15) is 22.0 Å². The lowest BCUT2D eigenvalue weighted by atomic mass is 10.0. The molecule has 0 saturated heterocycles. The average molecular weight is 538 g/mol. The summed E-state index contributed by atoms with van der Waals surface area (Å²) in [5.41, 5.74) is 3.03. The van der Waals surface area contributed by atoms with E-state index in [0.29, 0.717) is 49.2 Å². The van der Waals surface area contributed by atoms with Crippen molar-refractivity contribution in [2.75, 3.05) is 13.1 Å². The summed E-state index contributed by atoms with van der Waals surface area (Å²) in [5.74, 6) is -1.16. The Bertz CT molecular complexity index is 1580. The van der Waals surface area contributed by atoms with Gasteiger partial charge in [0.05, 0.1) is 23.3 Å². The van der Waals surface area contributed by atoms with Crippen molar-refractivity contribution < 1.29 is 22.0 Å². The molecule has 5 nitrogen and oxygen atoms in total. The number of hydrogen-bond acceptors (Lipinski definition) is 4. The zero-order valence-corrected chi connectivity index (χ0v) is 20.8. The van der Waals surface area contributed by atoms with Crippen LogP contribution in [-0.2, 0) is 32.4 Å². The number of aromatic nitrogens is 2. The van der Waals surface area contributed by atoms with Crippen LogP contribution in [0.5, 0.6) is 0 Å². The maximum Gasteiger partial charge on any atom is 0.416 e. The minimum absolute atomic E-state index is 0.0109. The summed E-state index contributed by atoms with van der Waals surface area (Å²) in [6.07, 6.45) is 1.23. The number of halogens is 5. The summed E-state index contributed by atoms with van der Waals surface area (Å²) in [6.45, 7) is 2.41. The zero-order chi connectivity index (χ0) is 27.6. The first-order valence-corrected chi connectivity index (χ1v) is 12.3. The second kappa shape index (κ2) is 11.0. The van der Waals surface area contributed by atoms with Crippen molar-refractivity contribution in [2.45, 2.75) is 32.4 Å². The molecule has 3 heterocycles. The fourth-order valence-electron chi connectivity index (χ4n) is 4.94. The lowest BCUT2D eigenvalue weighted by Gasteiger charge is -2.27. The molecule has 1 aliphatic heterocycles. The van der Waals surface area contributed by atoms with Crippen LogP contribution in [0, 0.1) is 23.1 Å². The van der Waals surface area contributed by atoms with Gasteiger partial charge in [0.25, 0.3) is 0 Å². The molecule has 1 N–H and O–H groups in total. The zero-order valence-electron chi connectivity index (χ0n) is 20.8. The molecule has 10 heteroatoms. The Morgan fingerprint density at radius 1 is 1.08 bits per heavy atom. The first-order valence-electron chi connectivity index (χ1n) is 12.3. The predicted molar refractivity (Wildman–Crippen MR) is 137 cm³/mol. The molecule has 39 heavy (non-hydrogen) atoms. The van der Waals surface area contributed by atoms with Crippen LogP contribution in [0.2, 0.25) is 0 Å². The number of benzene rings is 2. The van der Waals surface area contributed by atoms with Gasteiger partial charge < -0.3 is 4.57 Å². The molecule has 0 saturated carbocycles. The highest BCUT2D eigenvalue weighted by Gasteiger charge is 2.32. The summed E-state index contributed by atoms with van der Waals surface area (Å²) in [7, 11) is 0. The van der Waals surface area contributed by atoms with Gasteiger partial charge in [-0.1, -0.05) is 24.3 Å². The topological polar surface area (TPSA) is 56.9 Å². The molecule has 0 aliphatic carbocycles. The number of hydrogen-bond donors (Lipinski definition) is 1. The van der Waals surface area contributed by atoms with Gasteiger partial charge in [0, 0.05) is 49.9 Å². The molecule has 5 rings (SSSR count). The maximum atomic E-state index is 13.9. The standard InChI is InChI=1S/C29H24F5N5/c30-25-12-19(3-4-21(25)15-35)2-1-10-38-11-8-26-24(17-38)23-6-5-22(29(32,33)34)14-27(23)39(26)18-36-16-20-7-9-37-28(31)13-20/h1-7,9,12-14,36H,8,10-11,16-18H2/b2-1+. The van der Waals surface area contributed by atoms with Gasteiger partial charge in [0.15, 0.2) is 0 Å². The van der Waals surface area contributed by atoms with Crippen molar-refractivity contribution in [3.8, 4) is 6.07 Å². The van der Waals surface area contributed by atoms with E-state index < -0.39 is 23.5 Å². The summed E-state index contributed by atoms with van der Waals surface area (Å²) in [5, 5.41) is 12.9. The monoisotopic (exact) mass is 537 g/mol. The number of nitrogens with one attached hydrogen (secondary N) is 1. The van der Waals surface area contributed by atoms with Crippen LogP contribution in [0.1, 0.15) is 33.5 Å². The van der Waals surface area contributed by atoms with E-state index in [2.05, 4.69) is 15.2 Å². The minimum atomic E-state index is -4.46. The molecule has 2 aromatic heterocycles. The first kappa shape index (κ1) is 26.5. The van der Waals surface area contributed by atoms with E-state index in [1.165, 1.54) is 36.5 Å². The first-order chi connectivity index (χ1) is 18.7. The largest absolute Gasteiger partial charge is 0.416 e. The molecule has 1 aliphatic rings. The van der Waals surface area contributed by atoms with Crippen LogP contribution in [-0.4, -0.2) is 27.5 Å². The SMILES string of the molecule is N#Cc1ccc(/C=C/CN2CCc3c(c4ccc(C(F)(F)F)cc4n3CNCc3ccnc(F)c3)C2)cc1F. The molecule has 0 fully saturated rings. The normalized spacial score (nSPS) is 14.2. The molecule has 0 unspecified atom stereocenters. The summed E-state index contributed by atoms with van der Waals surface area (Å²) in [6, 6.07) is 13.0. The Morgan fingerprint density at radius 2 is 1.92 bits per heavy atom. The third kappa shape index (κ3) is 5.85. The molecule has 0 atom stereocenters. The minimum Gasteiger partial charge on any atom is -0.331 e. The second-order valence-corrected chi connectivity index (χ2v) is 9.39. The third-order valence-corrected chi connectivity index (χ3v) is 6.84. The van der Waals surface area contributed by atoms with Crippen molar-refractivity contribution in [2.24, 2.45) is 0 Å². The number of alkyl halides is 3. The van der Waals surface area contributed by atoms with Gasteiger partial charge in [-0.2, -0.15) is 22.8 Å². The highest BCUT2D eigenvalue weighted by atomic mass is 19.4. The molecule has 0 bridgehead atoms. The maximum absolute atomic E-state index is 13.9. The molecule has 200 valence electrons. The lowest BCUT2D eigenvalue weighted by molar-refractivity contribution is -0.137. The highest BCUT2D eigenvalue weighted by Crippen LogP contribution is 2.36. The van der Waals surface area contributed by atoms with Crippen molar-refractivity contribution in [1.29, 1.82) is 5.26 Å². The average Bonchev–Trinajstić information content (AvgIpc) is 3.21. The Morgan fingerprint density at radius 3 is 2.67 bits per heavy atom. The van der Waals surface area contributed by atoms with Gasteiger partial charge in [0.1, 0.15) is 11.9 Å². The summed E-state index contributed by atoms with van der Waals surface area (Å²) < 4.78 is 69.8. The smallest absolute Gasteiger partial charge is 0.331 e. The Hall–Kier alpha value is -4.07. The van der Waals surface area contributed by atoms with E-state index in [-0.39, 0.29) is 12.2 Å². The molecular weight excluding hydrogens is 513 g/mol. The van der Waals surface area contributed by atoms with Crippen LogP contribution >= 0.6 is 0 Å². The van der Waals surface area contributed by atoms with E-state index in [1.54, 1.807) is 24.3 Å². The third-order valence-electron chi connectivity index (χ3n) is 6.84. The number of pyridine rings is 1. The van der Waals surface area contributed by atoms with Crippen molar-refractivity contribution >= 4 is 17.0 Å². The molecule has 0 spiro atoms. The van der Waals surface area contributed by atoms with Crippen molar-refractivity contribution in [1.82, 2.24) is 19.8 Å². The van der Waals surface area contributed by atoms with Gasteiger partial charge >= 0.3 is 6.18 Å². The van der Waals surface area contributed by atoms with Crippen LogP contribution in [0.25, 0.3) is 17.0 Å². The van der Waals surface area contributed by atoms with E-state index in [1.807, 2.05) is 10.6 Å². The summed E-state index contributed by atoms with van der Waals surface area (Å²) in [4.78, 5) is 5.72. The van der Waals surface area contributed by atoms with E-state index in [0.717, 1.165) is 22.7 Å². The number of nitriles is 1. The number of fused-ring (bicyclic) bond motifs is 3. The van der Waals surface area contributed by atoms with Crippen LogP contribution in [0.3, 0.4) is 0 Å². The Kier molecular flexibility index (Phi) is 7.46. The number of rotatable bonds is 7. The fraction of sp³-hybridized carbons (Fsp3) is 0.241.